The highest BCUT2D eigenvalue weighted by atomic mass is 19.1. The number of carbonyl (C=O) groups excluding carboxylic acids is 2. The van der Waals surface area contributed by atoms with Gasteiger partial charge >= 0.3 is 12.0 Å². The van der Waals surface area contributed by atoms with Crippen molar-refractivity contribution in [1.82, 2.24) is 9.55 Å². The van der Waals surface area contributed by atoms with Gasteiger partial charge in [0.1, 0.15) is 12.1 Å². The van der Waals surface area contributed by atoms with Gasteiger partial charge in [0.2, 0.25) is 0 Å². The average Bonchev–Trinajstić information content (AvgIpc) is 2.94. The summed E-state index contributed by atoms with van der Waals surface area (Å²) in [7, 11) is 1.15. The van der Waals surface area contributed by atoms with Gasteiger partial charge in [-0.3, -0.25) is 4.57 Å². The third-order valence-electron chi connectivity index (χ3n) is 2.36. The molecule has 1 N–H and O–H groups in total. The second-order valence-electron chi connectivity index (χ2n) is 3.59. The number of hydrogen-bond acceptors (Lipinski definition) is 4. The fourth-order valence-electron chi connectivity index (χ4n) is 1.44. The lowest BCUT2D eigenvalue weighted by atomic mass is 10.2. The van der Waals surface area contributed by atoms with Gasteiger partial charge in [-0.25, -0.2) is 19.0 Å². The number of aromatic nitrogens is 2. The second kappa shape index (κ2) is 5.30. The van der Waals surface area contributed by atoms with Crippen molar-refractivity contribution < 1.29 is 18.7 Å². The SMILES string of the molecule is COC(=O)c1cc(NC(=O)n2ccnc2)ccc1F. The van der Waals surface area contributed by atoms with Gasteiger partial charge in [-0.05, 0) is 18.2 Å². The van der Waals surface area contributed by atoms with Crippen LogP contribution in [0.4, 0.5) is 14.9 Å². The molecule has 6 nitrogen and oxygen atoms in total. The molecular weight excluding hydrogens is 253 g/mol. The fourth-order valence-corrected chi connectivity index (χ4v) is 1.44. The standard InChI is InChI=1S/C12H10FN3O3/c1-19-11(17)9-6-8(2-3-10(9)13)15-12(18)16-5-4-14-7-16/h2-7H,1H3,(H,15,18). The minimum Gasteiger partial charge on any atom is -0.465 e. The van der Waals surface area contributed by atoms with Crippen LogP contribution in [-0.2, 0) is 4.74 Å². The Kier molecular flexibility index (Phi) is 3.56. The van der Waals surface area contributed by atoms with Gasteiger partial charge in [0.25, 0.3) is 0 Å². The lowest BCUT2D eigenvalue weighted by Gasteiger charge is -2.07. The van der Waals surface area contributed by atoms with Crippen molar-refractivity contribution in [3.8, 4) is 0 Å². The number of esters is 1. The monoisotopic (exact) mass is 263 g/mol. The number of rotatable bonds is 2. The Labute approximate surface area is 107 Å². The van der Waals surface area contributed by atoms with E-state index in [1.807, 2.05) is 0 Å². The van der Waals surface area contributed by atoms with E-state index in [9.17, 15) is 14.0 Å². The molecule has 1 heterocycles. The van der Waals surface area contributed by atoms with E-state index >= 15 is 0 Å². The van der Waals surface area contributed by atoms with Gasteiger partial charge in [0, 0.05) is 18.1 Å². The number of benzene rings is 1. The first-order valence-corrected chi connectivity index (χ1v) is 5.29. The van der Waals surface area contributed by atoms with E-state index < -0.39 is 17.8 Å². The van der Waals surface area contributed by atoms with Crippen molar-refractivity contribution in [1.29, 1.82) is 0 Å². The highest BCUT2D eigenvalue weighted by Crippen LogP contribution is 2.16. The van der Waals surface area contributed by atoms with Crippen LogP contribution in [0.2, 0.25) is 0 Å². The molecule has 7 heteroatoms. The molecule has 2 rings (SSSR count). The summed E-state index contributed by atoms with van der Waals surface area (Å²) >= 11 is 0. The molecule has 0 atom stereocenters. The number of amides is 1. The molecule has 0 aliphatic rings. The van der Waals surface area contributed by atoms with E-state index in [-0.39, 0.29) is 11.3 Å². The molecule has 2 aromatic rings. The van der Waals surface area contributed by atoms with Crippen molar-refractivity contribution >= 4 is 17.7 Å². The summed E-state index contributed by atoms with van der Waals surface area (Å²) in [5.74, 6) is -1.52. The van der Waals surface area contributed by atoms with Gasteiger partial charge in [0.15, 0.2) is 0 Å². The van der Waals surface area contributed by atoms with Crippen molar-refractivity contribution in [2.75, 3.05) is 12.4 Å². The van der Waals surface area contributed by atoms with Crippen molar-refractivity contribution in [3.05, 3.63) is 48.3 Å². The topological polar surface area (TPSA) is 73.2 Å². The van der Waals surface area contributed by atoms with Crippen LogP contribution in [0, 0.1) is 5.82 Å². The average molecular weight is 263 g/mol. The summed E-state index contributed by atoms with van der Waals surface area (Å²) in [5, 5.41) is 2.50. The maximum absolute atomic E-state index is 13.4. The zero-order chi connectivity index (χ0) is 13.8. The number of nitrogens with zero attached hydrogens (tertiary/aromatic N) is 2. The lowest BCUT2D eigenvalue weighted by molar-refractivity contribution is 0.0595. The first kappa shape index (κ1) is 12.7. The maximum Gasteiger partial charge on any atom is 0.340 e. The predicted molar refractivity (Wildman–Crippen MR) is 64.4 cm³/mol. The van der Waals surface area contributed by atoms with Crippen LogP contribution in [0.25, 0.3) is 0 Å². The summed E-state index contributed by atoms with van der Waals surface area (Å²) in [6.45, 7) is 0. The van der Waals surface area contributed by atoms with Gasteiger partial charge < -0.3 is 10.1 Å². The summed E-state index contributed by atoms with van der Waals surface area (Å²) < 4.78 is 19.0. The van der Waals surface area contributed by atoms with E-state index in [2.05, 4.69) is 15.0 Å². The van der Waals surface area contributed by atoms with E-state index in [0.717, 1.165) is 13.2 Å². The van der Waals surface area contributed by atoms with Gasteiger partial charge in [-0.1, -0.05) is 0 Å². The van der Waals surface area contributed by atoms with E-state index in [1.165, 1.54) is 35.4 Å². The molecule has 0 bridgehead atoms. The molecule has 1 aromatic carbocycles. The molecule has 0 spiro atoms. The number of imidazole rings is 1. The first-order valence-electron chi connectivity index (χ1n) is 5.29. The van der Waals surface area contributed by atoms with Crippen molar-refractivity contribution in [2.24, 2.45) is 0 Å². The maximum atomic E-state index is 13.4. The summed E-state index contributed by atoms with van der Waals surface area (Å²) in [5.41, 5.74) is 0.0337. The van der Waals surface area contributed by atoms with Crippen LogP contribution in [0.1, 0.15) is 10.4 Å². The summed E-state index contributed by atoms with van der Waals surface area (Å²) in [6.07, 6.45) is 4.23. The van der Waals surface area contributed by atoms with Crippen molar-refractivity contribution in [2.45, 2.75) is 0 Å². The predicted octanol–water partition coefficient (Wildman–Crippen LogP) is 1.89. The molecule has 1 aromatic heterocycles. The van der Waals surface area contributed by atoms with Crippen LogP contribution in [-0.4, -0.2) is 28.7 Å². The molecule has 0 aliphatic heterocycles. The summed E-state index contributed by atoms with van der Waals surface area (Å²) in [6, 6.07) is 3.16. The highest BCUT2D eigenvalue weighted by Gasteiger charge is 2.14. The summed E-state index contributed by atoms with van der Waals surface area (Å²) in [4.78, 5) is 26.7. The zero-order valence-corrected chi connectivity index (χ0v) is 9.96. The molecule has 19 heavy (non-hydrogen) atoms. The molecule has 0 saturated carbocycles. The van der Waals surface area contributed by atoms with Gasteiger partial charge in [-0.15, -0.1) is 0 Å². The lowest BCUT2D eigenvalue weighted by Crippen LogP contribution is -2.18. The van der Waals surface area contributed by atoms with Gasteiger partial charge in [0.05, 0.1) is 12.7 Å². The second-order valence-corrected chi connectivity index (χ2v) is 3.59. The van der Waals surface area contributed by atoms with Gasteiger partial charge in [-0.2, -0.15) is 0 Å². The van der Waals surface area contributed by atoms with Crippen LogP contribution in [0.5, 0.6) is 0 Å². The molecule has 0 aliphatic carbocycles. The first-order chi connectivity index (χ1) is 9.11. The van der Waals surface area contributed by atoms with Crippen LogP contribution in [0.15, 0.2) is 36.9 Å². The van der Waals surface area contributed by atoms with Crippen LogP contribution < -0.4 is 5.32 Å². The van der Waals surface area contributed by atoms with Crippen LogP contribution in [0.3, 0.4) is 0 Å². The molecular formula is C12H10FN3O3. The van der Waals surface area contributed by atoms with E-state index in [0.29, 0.717) is 0 Å². The van der Waals surface area contributed by atoms with E-state index in [4.69, 9.17) is 0 Å². The molecule has 0 fully saturated rings. The Morgan fingerprint density at radius 2 is 2.21 bits per heavy atom. The minimum absolute atomic E-state index is 0.245. The Bertz CT molecular complexity index is 611. The number of ether oxygens (including phenoxy) is 1. The highest BCUT2D eigenvalue weighted by molar-refractivity contribution is 5.94. The molecule has 0 unspecified atom stereocenters. The molecule has 98 valence electrons. The number of methoxy groups -OCH3 is 1. The fraction of sp³-hybridized carbons (Fsp3) is 0.0833. The number of hydrogen-bond donors (Lipinski definition) is 1. The normalized spacial score (nSPS) is 10.0. The molecule has 0 saturated heterocycles. The number of nitrogens with one attached hydrogen (secondary N) is 1. The number of anilines is 1. The smallest absolute Gasteiger partial charge is 0.340 e. The Balaban J connectivity index is 2.22. The largest absolute Gasteiger partial charge is 0.465 e. The Morgan fingerprint density at radius 1 is 1.42 bits per heavy atom. The molecule has 0 radical (unpaired) electrons. The quantitative estimate of drug-likeness (QED) is 0.840. The zero-order valence-electron chi connectivity index (χ0n) is 9.96. The number of carbonyl (C=O) groups is 2. The van der Waals surface area contributed by atoms with E-state index in [1.54, 1.807) is 0 Å². The van der Waals surface area contributed by atoms with Crippen LogP contribution >= 0.6 is 0 Å². The minimum atomic E-state index is -0.809. The molecule has 1 amide bonds. The third kappa shape index (κ3) is 2.76. The third-order valence-corrected chi connectivity index (χ3v) is 2.36. The Hall–Kier alpha value is -2.70. The Morgan fingerprint density at radius 3 is 2.84 bits per heavy atom. The number of halogens is 1. The van der Waals surface area contributed by atoms with Crippen molar-refractivity contribution in [3.63, 3.8) is 0 Å².